The summed E-state index contributed by atoms with van der Waals surface area (Å²) in [5.41, 5.74) is 0. The first-order chi connectivity index (χ1) is 10.6. The molecule has 6 heteroatoms. The summed E-state index contributed by atoms with van der Waals surface area (Å²) in [4.78, 5) is 11.2. The number of aryl methyl sites for hydroxylation is 1. The Bertz CT molecular complexity index is 595. The number of hydrogen-bond acceptors (Lipinski definition) is 5. The number of likely N-dealkylation sites (tertiary alicyclic amines) is 1. The van der Waals surface area contributed by atoms with E-state index in [4.69, 9.17) is 4.42 Å². The number of piperidine rings is 1. The van der Waals surface area contributed by atoms with Crippen molar-refractivity contribution in [3.63, 3.8) is 0 Å². The zero-order chi connectivity index (χ0) is 15.5. The van der Waals surface area contributed by atoms with Gasteiger partial charge >= 0.3 is 0 Å². The summed E-state index contributed by atoms with van der Waals surface area (Å²) < 4.78 is 5.56. The molecule has 1 aliphatic rings. The maximum Gasteiger partial charge on any atom is 0.191 e. The predicted molar refractivity (Wildman–Crippen MR) is 83.4 cm³/mol. The van der Waals surface area contributed by atoms with Gasteiger partial charge in [0.05, 0.1) is 12.7 Å². The summed E-state index contributed by atoms with van der Waals surface area (Å²) in [6.07, 6.45) is 5.24. The number of nitrogens with zero attached hydrogens (tertiary/aromatic N) is 4. The van der Waals surface area contributed by atoms with Gasteiger partial charge in [0.1, 0.15) is 11.6 Å². The van der Waals surface area contributed by atoms with Gasteiger partial charge < -0.3 is 4.42 Å². The van der Waals surface area contributed by atoms with Crippen LogP contribution in [0.3, 0.4) is 0 Å². The Balaban J connectivity index is 1.47. The van der Waals surface area contributed by atoms with Gasteiger partial charge in [-0.15, -0.1) is 0 Å². The van der Waals surface area contributed by atoms with Crippen molar-refractivity contribution in [2.75, 3.05) is 13.1 Å². The minimum Gasteiger partial charge on any atom is -0.445 e. The molecular formula is C16H25N5O. The van der Waals surface area contributed by atoms with Crippen molar-refractivity contribution in [3.8, 4) is 0 Å². The van der Waals surface area contributed by atoms with Crippen LogP contribution in [-0.4, -0.2) is 38.2 Å². The number of aromatic amines is 1. The molecule has 0 amide bonds. The Morgan fingerprint density at radius 3 is 2.73 bits per heavy atom. The highest BCUT2D eigenvalue weighted by molar-refractivity contribution is 4.97. The molecule has 3 heterocycles. The molecule has 0 bridgehead atoms. The topological polar surface area (TPSA) is 70.8 Å². The highest BCUT2D eigenvalue weighted by Crippen LogP contribution is 2.22. The van der Waals surface area contributed by atoms with Crippen LogP contribution in [0.15, 0.2) is 10.6 Å². The quantitative estimate of drug-likeness (QED) is 0.919. The van der Waals surface area contributed by atoms with Crippen molar-refractivity contribution in [1.29, 1.82) is 0 Å². The third-order valence-electron chi connectivity index (χ3n) is 4.30. The fourth-order valence-electron chi connectivity index (χ4n) is 2.98. The molecule has 1 fully saturated rings. The van der Waals surface area contributed by atoms with Gasteiger partial charge in [-0.05, 0) is 31.8 Å². The lowest BCUT2D eigenvalue weighted by atomic mass is 9.93. The van der Waals surface area contributed by atoms with Crippen molar-refractivity contribution in [1.82, 2.24) is 25.1 Å². The van der Waals surface area contributed by atoms with E-state index in [0.29, 0.717) is 11.8 Å². The van der Waals surface area contributed by atoms with E-state index in [9.17, 15) is 0 Å². The van der Waals surface area contributed by atoms with E-state index in [2.05, 4.69) is 38.9 Å². The molecule has 1 aliphatic heterocycles. The van der Waals surface area contributed by atoms with E-state index in [1.54, 1.807) is 0 Å². The molecule has 3 rings (SSSR count). The normalized spacial score (nSPS) is 17.5. The summed E-state index contributed by atoms with van der Waals surface area (Å²) in [6.45, 7) is 9.21. The molecule has 0 saturated carbocycles. The summed E-state index contributed by atoms with van der Waals surface area (Å²) in [5.74, 6) is 4.75. The molecular weight excluding hydrogens is 278 g/mol. The summed E-state index contributed by atoms with van der Waals surface area (Å²) in [6, 6.07) is 0. The smallest absolute Gasteiger partial charge is 0.191 e. The highest BCUT2D eigenvalue weighted by atomic mass is 16.4. The molecule has 22 heavy (non-hydrogen) atoms. The first-order valence-electron chi connectivity index (χ1n) is 8.15. The SMILES string of the molecule is Cc1ncc(CN2CCC(Cc3nc(C(C)C)n[nH]3)CC2)o1. The Labute approximate surface area is 131 Å². The third-order valence-corrected chi connectivity index (χ3v) is 4.30. The van der Waals surface area contributed by atoms with Crippen LogP contribution in [0.2, 0.25) is 0 Å². The van der Waals surface area contributed by atoms with Crippen LogP contribution in [0, 0.1) is 12.8 Å². The highest BCUT2D eigenvalue weighted by Gasteiger charge is 2.21. The monoisotopic (exact) mass is 303 g/mol. The van der Waals surface area contributed by atoms with E-state index in [-0.39, 0.29) is 0 Å². The van der Waals surface area contributed by atoms with Crippen molar-refractivity contribution in [2.45, 2.75) is 52.5 Å². The van der Waals surface area contributed by atoms with Gasteiger partial charge in [0.2, 0.25) is 0 Å². The molecule has 6 nitrogen and oxygen atoms in total. The van der Waals surface area contributed by atoms with Crippen molar-refractivity contribution < 1.29 is 4.42 Å². The number of nitrogens with one attached hydrogen (secondary N) is 1. The van der Waals surface area contributed by atoms with Gasteiger partial charge in [-0.3, -0.25) is 10.00 Å². The molecule has 0 radical (unpaired) electrons. The Morgan fingerprint density at radius 2 is 2.14 bits per heavy atom. The second-order valence-corrected chi connectivity index (χ2v) is 6.56. The Kier molecular flexibility index (Phi) is 4.57. The van der Waals surface area contributed by atoms with Crippen LogP contribution in [0.25, 0.3) is 0 Å². The number of aromatic nitrogens is 4. The van der Waals surface area contributed by atoms with Crippen molar-refractivity contribution in [2.24, 2.45) is 5.92 Å². The molecule has 0 aliphatic carbocycles. The number of rotatable bonds is 5. The zero-order valence-electron chi connectivity index (χ0n) is 13.7. The first-order valence-corrected chi connectivity index (χ1v) is 8.15. The summed E-state index contributed by atoms with van der Waals surface area (Å²) in [5, 5.41) is 7.38. The van der Waals surface area contributed by atoms with Gasteiger partial charge in [-0.1, -0.05) is 13.8 Å². The molecule has 2 aromatic heterocycles. The largest absolute Gasteiger partial charge is 0.445 e. The second-order valence-electron chi connectivity index (χ2n) is 6.56. The lowest BCUT2D eigenvalue weighted by molar-refractivity contribution is 0.165. The Morgan fingerprint density at radius 1 is 1.36 bits per heavy atom. The molecule has 0 spiro atoms. The average molecular weight is 303 g/mol. The molecule has 1 N–H and O–H groups in total. The van der Waals surface area contributed by atoms with Gasteiger partial charge in [-0.25, -0.2) is 9.97 Å². The number of hydrogen-bond donors (Lipinski definition) is 1. The molecule has 1 saturated heterocycles. The number of H-pyrrole nitrogens is 1. The minimum absolute atomic E-state index is 0.386. The van der Waals surface area contributed by atoms with Crippen LogP contribution in [-0.2, 0) is 13.0 Å². The zero-order valence-corrected chi connectivity index (χ0v) is 13.7. The van der Waals surface area contributed by atoms with Crippen LogP contribution in [0.4, 0.5) is 0 Å². The maximum absolute atomic E-state index is 5.56. The summed E-state index contributed by atoms with van der Waals surface area (Å²) in [7, 11) is 0. The Hall–Kier alpha value is -1.69. The van der Waals surface area contributed by atoms with E-state index < -0.39 is 0 Å². The average Bonchev–Trinajstić information content (AvgIpc) is 3.10. The second kappa shape index (κ2) is 6.60. The van der Waals surface area contributed by atoms with Crippen LogP contribution in [0.1, 0.15) is 55.9 Å². The van der Waals surface area contributed by atoms with Crippen LogP contribution in [0.5, 0.6) is 0 Å². The number of oxazole rings is 1. The minimum atomic E-state index is 0.386. The van der Waals surface area contributed by atoms with E-state index in [1.165, 1.54) is 12.8 Å². The summed E-state index contributed by atoms with van der Waals surface area (Å²) >= 11 is 0. The predicted octanol–water partition coefficient (Wildman–Crippen LogP) is 2.68. The fraction of sp³-hybridized carbons (Fsp3) is 0.688. The van der Waals surface area contributed by atoms with Crippen LogP contribution >= 0.6 is 0 Å². The molecule has 0 atom stereocenters. The van der Waals surface area contributed by atoms with Gasteiger partial charge in [-0.2, -0.15) is 5.10 Å². The van der Waals surface area contributed by atoms with Gasteiger partial charge in [0.15, 0.2) is 11.7 Å². The molecule has 0 unspecified atom stereocenters. The lowest BCUT2D eigenvalue weighted by Crippen LogP contribution is -2.33. The van der Waals surface area contributed by atoms with E-state index in [1.807, 2.05) is 13.1 Å². The van der Waals surface area contributed by atoms with E-state index in [0.717, 1.165) is 49.4 Å². The van der Waals surface area contributed by atoms with Gasteiger partial charge in [0, 0.05) is 19.3 Å². The fourth-order valence-corrected chi connectivity index (χ4v) is 2.98. The molecule has 120 valence electrons. The first kappa shape index (κ1) is 15.2. The van der Waals surface area contributed by atoms with Gasteiger partial charge in [0.25, 0.3) is 0 Å². The van der Waals surface area contributed by atoms with Crippen molar-refractivity contribution in [3.05, 3.63) is 29.5 Å². The van der Waals surface area contributed by atoms with E-state index >= 15 is 0 Å². The lowest BCUT2D eigenvalue weighted by Gasteiger charge is -2.30. The molecule has 0 aromatic carbocycles. The maximum atomic E-state index is 5.56. The van der Waals surface area contributed by atoms with Crippen LogP contribution < -0.4 is 0 Å². The third kappa shape index (κ3) is 3.74. The molecule has 2 aromatic rings. The standard InChI is InChI=1S/C16H25N5O/c1-11(2)16-18-15(19-20-16)8-13-4-6-21(7-5-13)10-14-9-17-12(3)22-14/h9,11,13H,4-8,10H2,1-3H3,(H,18,19,20). The van der Waals surface area contributed by atoms with Crippen molar-refractivity contribution >= 4 is 0 Å².